The summed E-state index contributed by atoms with van der Waals surface area (Å²) in [5, 5.41) is 19.3. The quantitative estimate of drug-likeness (QED) is 0.496. The normalized spacial score (nSPS) is 20.9. The van der Waals surface area contributed by atoms with Crippen molar-refractivity contribution in [1.82, 2.24) is 0 Å². The van der Waals surface area contributed by atoms with E-state index in [1.165, 1.54) is 6.07 Å². The average Bonchev–Trinajstić information content (AvgIpc) is 2.92. The second-order valence-corrected chi connectivity index (χ2v) is 9.46. The molecule has 37 heavy (non-hydrogen) atoms. The van der Waals surface area contributed by atoms with Gasteiger partial charge in [-0.25, -0.2) is 9.59 Å². The summed E-state index contributed by atoms with van der Waals surface area (Å²) < 4.78 is 0. The zero-order valence-corrected chi connectivity index (χ0v) is 19.7. The Morgan fingerprint density at radius 1 is 0.622 bits per heavy atom. The van der Waals surface area contributed by atoms with E-state index >= 15 is 0 Å². The van der Waals surface area contributed by atoms with Crippen molar-refractivity contribution in [3.05, 3.63) is 153 Å². The Morgan fingerprint density at radius 3 is 1.89 bits per heavy atom. The highest BCUT2D eigenvalue weighted by molar-refractivity contribution is 6.16. The number of rotatable bonds is 6. The molecule has 180 valence electrons. The number of ketones is 1. The first-order chi connectivity index (χ1) is 17.9. The number of carboxylic acid groups (broad SMARTS) is 2. The number of allylic oxidation sites excluding steroid dienone is 14. The zero-order valence-electron chi connectivity index (χ0n) is 19.7. The fraction of sp³-hybridized carbons (Fsp3) is 0.0938. The second kappa shape index (κ2) is 8.71. The predicted octanol–water partition coefficient (Wildman–Crippen LogP) is 5.91. The third kappa shape index (κ3) is 3.67. The van der Waals surface area contributed by atoms with E-state index in [0.717, 1.165) is 33.4 Å². The third-order valence-electron chi connectivity index (χ3n) is 7.51. The minimum atomic E-state index is -1.13. The number of Topliss-reactive ketones (excluding diaryl/α,β-unsaturated/α-hetero) is 1. The molecule has 0 fully saturated rings. The largest absolute Gasteiger partial charge is 0.478 e. The van der Waals surface area contributed by atoms with Crippen LogP contribution >= 0.6 is 0 Å². The summed E-state index contributed by atoms with van der Waals surface area (Å²) >= 11 is 0. The molecule has 2 atom stereocenters. The van der Waals surface area contributed by atoms with Crippen molar-refractivity contribution >= 4 is 17.7 Å². The van der Waals surface area contributed by atoms with Crippen LogP contribution in [0, 0.1) is 11.8 Å². The monoisotopic (exact) mass is 486 g/mol. The van der Waals surface area contributed by atoms with E-state index in [0.29, 0.717) is 17.6 Å². The Balaban J connectivity index is 1.43. The molecule has 0 amide bonds. The predicted molar refractivity (Wildman–Crippen MR) is 139 cm³/mol. The maximum absolute atomic E-state index is 13.6. The Hall–Kier alpha value is -4.77. The SMILES string of the molecule is O=C(O)c1ccccc1CC1=CC=C2C=CC3=CC=C(C(=O)c4ccccc4C(=O)O)C4=CC=C1C2C34. The Morgan fingerprint density at radius 2 is 1.19 bits per heavy atom. The van der Waals surface area contributed by atoms with Crippen LogP contribution in [0.4, 0.5) is 0 Å². The van der Waals surface area contributed by atoms with Crippen LogP contribution in [-0.4, -0.2) is 27.9 Å². The fourth-order valence-electron chi connectivity index (χ4n) is 5.81. The van der Waals surface area contributed by atoms with Crippen molar-refractivity contribution in [2.45, 2.75) is 6.42 Å². The molecule has 0 saturated carbocycles. The van der Waals surface area contributed by atoms with Gasteiger partial charge in [-0.15, -0.1) is 0 Å². The molecular weight excluding hydrogens is 464 g/mol. The molecule has 4 aliphatic carbocycles. The lowest BCUT2D eigenvalue weighted by atomic mass is 9.61. The van der Waals surface area contributed by atoms with Crippen LogP contribution in [-0.2, 0) is 6.42 Å². The molecule has 6 rings (SSSR count). The molecule has 0 saturated heterocycles. The van der Waals surface area contributed by atoms with Crippen LogP contribution in [0.2, 0.25) is 0 Å². The molecule has 0 heterocycles. The molecule has 0 radical (unpaired) electrons. The minimum Gasteiger partial charge on any atom is -0.478 e. The van der Waals surface area contributed by atoms with E-state index < -0.39 is 11.9 Å². The highest BCUT2D eigenvalue weighted by Crippen LogP contribution is 2.52. The molecule has 2 unspecified atom stereocenters. The van der Waals surface area contributed by atoms with Crippen molar-refractivity contribution in [3.63, 3.8) is 0 Å². The standard InChI is InChI=1S/C32H22O5/c33-30(25-7-3-4-8-27(25)32(36)37)26-14-13-19-10-9-18-11-12-21(22-15-16-24(26)29(19)28(18)22)17-20-5-1-2-6-23(20)31(34)35/h1-16,28-29H,17H2,(H,34,35)(H,36,37). The van der Waals surface area contributed by atoms with Crippen LogP contribution in [0.1, 0.15) is 36.6 Å². The molecule has 0 bridgehead atoms. The first-order valence-electron chi connectivity index (χ1n) is 12.1. The third-order valence-corrected chi connectivity index (χ3v) is 7.51. The van der Waals surface area contributed by atoms with Crippen LogP contribution in [0.5, 0.6) is 0 Å². The number of hydrogen-bond acceptors (Lipinski definition) is 3. The van der Waals surface area contributed by atoms with Crippen LogP contribution in [0.3, 0.4) is 0 Å². The number of carbonyl (C=O) groups is 3. The first-order valence-corrected chi connectivity index (χ1v) is 12.1. The van der Waals surface area contributed by atoms with Gasteiger partial charge in [0.25, 0.3) is 0 Å². The smallest absolute Gasteiger partial charge is 0.336 e. The summed E-state index contributed by atoms with van der Waals surface area (Å²) in [5.74, 6) is -2.46. The number of hydrogen-bond donors (Lipinski definition) is 2. The Labute approximate surface area is 213 Å². The van der Waals surface area contributed by atoms with E-state index in [4.69, 9.17) is 0 Å². The molecule has 5 heteroatoms. The number of aromatic carboxylic acids is 2. The molecule has 2 aromatic carbocycles. The van der Waals surface area contributed by atoms with Gasteiger partial charge in [0.2, 0.25) is 0 Å². The van der Waals surface area contributed by atoms with Gasteiger partial charge in [0.15, 0.2) is 5.78 Å². The van der Waals surface area contributed by atoms with Gasteiger partial charge in [-0.05, 0) is 52.0 Å². The lowest BCUT2D eigenvalue weighted by molar-refractivity contribution is 0.0684. The Kier molecular flexibility index (Phi) is 5.34. The molecular formula is C32H22O5. The van der Waals surface area contributed by atoms with Gasteiger partial charge in [0, 0.05) is 23.0 Å². The number of benzene rings is 2. The van der Waals surface area contributed by atoms with Gasteiger partial charge in [-0.3, -0.25) is 4.79 Å². The lowest BCUT2D eigenvalue weighted by Gasteiger charge is -2.42. The van der Waals surface area contributed by atoms with Crippen LogP contribution < -0.4 is 0 Å². The van der Waals surface area contributed by atoms with Crippen molar-refractivity contribution < 1.29 is 24.6 Å². The van der Waals surface area contributed by atoms with Gasteiger partial charge in [0.1, 0.15) is 0 Å². The van der Waals surface area contributed by atoms with Crippen molar-refractivity contribution in [2.75, 3.05) is 0 Å². The highest BCUT2D eigenvalue weighted by Gasteiger charge is 2.42. The lowest BCUT2D eigenvalue weighted by Crippen LogP contribution is -2.32. The molecule has 0 aromatic heterocycles. The fourth-order valence-corrected chi connectivity index (χ4v) is 5.81. The van der Waals surface area contributed by atoms with Gasteiger partial charge >= 0.3 is 11.9 Å². The second-order valence-electron chi connectivity index (χ2n) is 9.46. The molecule has 5 nitrogen and oxygen atoms in total. The highest BCUT2D eigenvalue weighted by atomic mass is 16.4. The maximum Gasteiger partial charge on any atom is 0.336 e. The first kappa shape index (κ1) is 22.7. The number of carbonyl (C=O) groups excluding carboxylic acids is 1. The zero-order chi connectivity index (χ0) is 25.7. The minimum absolute atomic E-state index is 0.000502. The summed E-state index contributed by atoms with van der Waals surface area (Å²) in [5.41, 5.74) is 6.96. The molecule has 2 N–H and O–H groups in total. The van der Waals surface area contributed by atoms with E-state index in [1.54, 1.807) is 36.4 Å². The average molecular weight is 487 g/mol. The molecule has 0 spiro atoms. The summed E-state index contributed by atoms with van der Waals surface area (Å²) in [7, 11) is 0. The molecule has 4 aliphatic rings. The molecule has 2 aromatic rings. The topological polar surface area (TPSA) is 91.7 Å². The summed E-state index contributed by atoms with van der Waals surface area (Å²) in [6.45, 7) is 0. The van der Waals surface area contributed by atoms with Gasteiger partial charge in [-0.1, -0.05) is 85.0 Å². The van der Waals surface area contributed by atoms with Gasteiger partial charge in [0.05, 0.1) is 11.1 Å². The van der Waals surface area contributed by atoms with E-state index in [9.17, 15) is 24.6 Å². The van der Waals surface area contributed by atoms with Crippen molar-refractivity contribution in [2.24, 2.45) is 11.8 Å². The molecule has 0 aliphatic heterocycles. The number of carboxylic acids is 2. The van der Waals surface area contributed by atoms with E-state index in [-0.39, 0.29) is 28.7 Å². The Bertz CT molecular complexity index is 1620. The summed E-state index contributed by atoms with van der Waals surface area (Å²) in [6, 6.07) is 13.3. The maximum atomic E-state index is 13.6. The van der Waals surface area contributed by atoms with Crippen molar-refractivity contribution in [1.29, 1.82) is 0 Å². The summed E-state index contributed by atoms with van der Waals surface area (Å²) in [4.78, 5) is 37.2. The van der Waals surface area contributed by atoms with Crippen LogP contribution in [0.15, 0.2) is 131 Å². The van der Waals surface area contributed by atoms with Crippen LogP contribution in [0.25, 0.3) is 0 Å². The van der Waals surface area contributed by atoms with E-state index in [2.05, 4.69) is 24.3 Å². The van der Waals surface area contributed by atoms with Crippen molar-refractivity contribution in [3.8, 4) is 0 Å². The van der Waals surface area contributed by atoms with Gasteiger partial charge in [-0.2, -0.15) is 0 Å². The van der Waals surface area contributed by atoms with E-state index in [1.807, 2.05) is 30.4 Å². The van der Waals surface area contributed by atoms with Gasteiger partial charge < -0.3 is 10.2 Å². The summed E-state index contributed by atoms with van der Waals surface area (Å²) in [6.07, 6.45) is 16.5.